The van der Waals surface area contributed by atoms with Crippen molar-refractivity contribution in [1.29, 1.82) is 0 Å². The van der Waals surface area contributed by atoms with Crippen LogP contribution < -0.4 is 5.32 Å². The largest absolute Gasteiger partial charge is 0.459 e. The number of nitrogens with one attached hydrogen (secondary N) is 1. The standard InChI is InChI=1S/C23H20ClNO.ClH/c1-16-7-9-18(10-8-16)23-20-13-19(24)11-12-21(20)26-22(23)15-25-14-17-5-3-2-4-6-17;/h2-13,25H,14-15H2,1H3;1H. The minimum Gasteiger partial charge on any atom is -0.459 e. The van der Waals surface area contributed by atoms with Crippen molar-refractivity contribution in [3.8, 4) is 11.1 Å². The number of hydrogen-bond donors (Lipinski definition) is 1. The summed E-state index contributed by atoms with van der Waals surface area (Å²) in [5, 5.41) is 5.26. The molecule has 0 atom stereocenters. The second kappa shape index (κ2) is 8.62. The van der Waals surface area contributed by atoms with E-state index in [4.69, 9.17) is 16.0 Å². The summed E-state index contributed by atoms with van der Waals surface area (Å²) in [6, 6.07) is 24.7. The van der Waals surface area contributed by atoms with Crippen LogP contribution in [0.1, 0.15) is 16.9 Å². The van der Waals surface area contributed by atoms with E-state index in [1.807, 2.05) is 24.3 Å². The van der Waals surface area contributed by atoms with Crippen LogP contribution in [0.5, 0.6) is 0 Å². The second-order valence-corrected chi connectivity index (χ2v) is 6.93. The van der Waals surface area contributed by atoms with E-state index in [0.717, 1.165) is 39.4 Å². The quantitative estimate of drug-likeness (QED) is 0.401. The third-order valence-corrected chi connectivity index (χ3v) is 4.76. The molecule has 0 spiro atoms. The van der Waals surface area contributed by atoms with E-state index >= 15 is 0 Å². The maximum Gasteiger partial charge on any atom is 0.135 e. The summed E-state index contributed by atoms with van der Waals surface area (Å²) in [5.74, 6) is 0.932. The van der Waals surface area contributed by atoms with Gasteiger partial charge in [-0.25, -0.2) is 0 Å². The molecule has 4 rings (SSSR count). The maximum atomic E-state index is 6.24. The van der Waals surface area contributed by atoms with Crippen LogP contribution in [-0.4, -0.2) is 0 Å². The Morgan fingerprint density at radius 2 is 1.63 bits per heavy atom. The van der Waals surface area contributed by atoms with Crippen LogP contribution in [0, 0.1) is 6.92 Å². The summed E-state index contributed by atoms with van der Waals surface area (Å²) in [6.07, 6.45) is 0. The van der Waals surface area contributed by atoms with Gasteiger partial charge < -0.3 is 9.73 Å². The molecule has 4 heteroatoms. The lowest BCUT2D eigenvalue weighted by atomic mass is 10.0. The Morgan fingerprint density at radius 3 is 2.37 bits per heavy atom. The van der Waals surface area contributed by atoms with Crippen LogP contribution in [-0.2, 0) is 13.1 Å². The van der Waals surface area contributed by atoms with Crippen molar-refractivity contribution in [3.05, 3.63) is 94.7 Å². The third-order valence-electron chi connectivity index (χ3n) is 4.52. The maximum absolute atomic E-state index is 6.24. The molecular formula is C23H21Cl2NO. The molecule has 0 saturated carbocycles. The first kappa shape index (κ1) is 19.5. The Bertz CT molecular complexity index is 1020. The molecule has 0 fully saturated rings. The van der Waals surface area contributed by atoms with Crippen LogP contribution in [0.3, 0.4) is 0 Å². The summed E-state index contributed by atoms with van der Waals surface area (Å²) in [6.45, 7) is 3.55. The Morgan fingerprint density at radius 1 is 0.889 bits per heavy atom. The average molecular weight is 398 g/mol. The molecule has 0 bridgehead atoms. The molecule has 1 N–H and O–H groups in total. The number of rotatable bonds is 5. The molecule has 0 radical (unpaired) electrons. The zero-order chi connectivity index (χ0) is 17.9. The molecule has 0 aliphatic heterocycles. The van der Waals surface area contributed by atoms with E-state index in [1.165, 1.54) is 11.1 Å². The molecular weight excluding hydrogens is 377 g/mol. The van der Waals surface area contributed by atoms with Crippen LogP contribution >= 0.6 is 24.0 Å². The number of benzene rings is 3. The summed E-state index contributed by atoms with van der Waals surface area (Å²) < 4.78 is 6.16. The number of furan rings is 1. The lowest BCUT2D eigenvalue weighted by molar-refractivity contribution is 0.515. The number of halogens is 2. The van der Waals surface area contributed by atoms with Gasteiger partial charge in [0.15, 0.2) is 0 Å². The fourth-order valence-electron chi connectivity index (χ4n) is 3.20. The fourth-order valence-corrected chi connectivity index (χ4v) is 3.37. The minimum absolute atomic E-state index is 0. The van der Waals surface area contributed by atoms with Crippen molar-refractivity contribution in [2.75, 3.05) is 0 Å². The minimum atomic E-state index is 0. The lowest BCUT2D eigenvalue weighted by Crippen LogP contribution is -2.12. The highest BCUT2D eigenvalue weighted by molar-refractivity contribution is 6.31. The van der Waals surface area contributed by atoms with Crippen molar-refractivity contribution < 1.29 is 4.42 Å². The van der Waals surface area contributed by atoms with Gasteiger partial charge in [0.2, 0.25) is 0 Å². The smallest absolute Gasteiger partial charge is 0.135 e. The van der Waals surface area contributed by atoms with Gasteiger partial charge in [-0.05, 0) is 36.2 Å². The van der Waals surface area contributed by atoms with E-state index in [9.17, 15) is 0 Å². The molecule has 4 aromatic rings. The topological polar surface area (TPSA) is 25.2 Å². The van der Waals surface area contributed by atoms with Gasteiger partial charge in [0.05, 0.1) is 6.54 Å². The Labute approximate surface area is 170 Å². The number of aryl methyl sites for hydroxylation is 1. The lowest BCUT2D eigenvalue weighted by Gasteiger charge is -2.07. The zero-order valence-electron chi connectivity index (χ0n) is 15.0. The van der Waals surface area contributed by atoms with Crippen molar-refractivity contribution >= 4 is 35.0 Å². The van der Waals surface area contributed by atoms with E-state index in [1.54, 1.807) is 0 Å². The first-order valence-corrected chi connectivity index (χ1v) is 9.11. The predicted octanol–water partition coefficient (Wildman–Crippen LogP) is 6.77. The van der Waals surface area contributed by atoms with Gasteiger partial charge in [-0.15, -0.1) is 12.4 Å². The van der Waals surface area contributed by atoms with E-state index in [0.29, 0.717) is 6.54 Å². The molecule has 1 heterocycles. The van der Waals surface area contributed by atoms with Gasteiger partial charge in [-0.2, -0.15) is 0 Å². The Balaban J connectivity index is 0.00000210. The SMILES string of the molecule is Cc1ccc(-c2c(CNCc3ccccc3)oc3ccc(Cl)cc23)cc1.Cl. The molecule has 0 aliphatic carbocycles. The zero-order valence-corrected chi connectivity index (χ0v) is 16.6. The molecule has 3 aromatic carbocycles. The monoisotopic (exact) mass is 397 g/mol. The highest BCUT2D eigenvalue weighted by Crippen LogP contribution is 2.36. The van der Waals surface area contributed by atoms with Crippen LogP contribution in [0.15, 0.2) is 77.2 Å². The van der Waals surface area contributed by atoms with E-state index < -0.39 is 0 Å². The van der Waals surface area contributed by atoms with Gasteiger partial charge in [0.1, 0.15) is 11.3 Å². The van der Waals surface area contributed by atoms with E-state index in [2.05, 4.69) is 60.8 Å². The van der Waals surface area contributed by atoms with Crippen LogP contribution in [0.25, 0.3) is 22.1 Å². The summed E-state index contributed by atoms with van der Waals surface area (Å²) in [4.78, 5) is 0. The van der Waals surface area contributed by atoms with E-state index in [-0.39, 0.29) is 12.4 Å². The molecule has 138 valence electrons. The normalized spacial score (nSPS) is 10.7. The van der Waals surface area contributed by atoms with Gasteiger partial charge in [-0.3, -0.25) is 0 Å². The van der Waals surface area contributed by atoms with Gasteiger partial charge in [0, 0.05) is 22.5 Å². The Hall–Kier alpha value is -2.26. The predicted molar refractivity (Wildman–Crippen MR) is 116 cm³/mol. The molecule has 0 aliphatic rings. The first-order valence-electron chi connectivity index (χ1n) is 8.73. The first-order chi connectivity index (χ1) is 12.7. The third kappa shape index (κ3) is 4.36. The summed E-state index contributed by atoms with van der Waals surface area (Å²) in [7, 11) is 0. The van der Waals surface area contributed by atoms with Gasteiger partial charge in [-0.1, -0.05) is 71.8 Å². The summed E-state index contributed by atoms with van der Waals surface area (Å²) >= 11 is 6.24. The molecule has 0 saturated heterocycles. The summed E-state index contributed by atoms with van der Waals surface area (Å²) in [5.41, 5.74) is 5.62. The van der Waals surface area contributed by atoms with Crippen LogP contribution in [0.4, 0.5) is 0 Å². The molecule has 27 heavy (non-hydrogen) atoms. The number of hydrogen-bond acceptors (Lipinski definition) is 2. The van der Waals surface area contributed by atoms with Crippen LogP contribution in [0.2, 0.25) is 5.02 Å². The van der Waals surface area contributed by atoms with Crippen molar-refractivity contribution in [2.24, 2.45) is 0 Å². The highest BCUT2D eigenvalue weighted by Gasteiger charge is 2.16. The van der Waals surface area contributed by atoms with Crippen molar-refractivity contribution in [1.82, 2.24) is 5.32 Å². The molecule has 0 amide bonds. The Kier molecular flexibility index (Phi) is 6.22. The molecule has 0 unspecified atom stereocenters. The average Bonchev–Trinajstić information content (AvgIpc) is 3.01. The van der Waals surface area contributed by atoms with Gasteiger partial charge in [0.25, 0.3) is 0 Å². The number of fused-ring (bicyclic) bond motifs is 1. The van der Waals surface area contributed by atoms with Gasteiger partial charge >= 0.3 is 0 Å². The highest BCUT2D eigenvalue weighted by atomic mass is 35.5. The molecule has 1 aromatic heterocycles. The van der Waals surface area contributed by atoms with Crippen molar-refractivity contribution in [3.63, 3.8) is 0 Å². The van der Waals surface area contributed by atoms with Crippen molar-refractivity contribution in [2.45, 2.75) is 20.0 Å². The fraction of sp³-hybridized carbons (Fsp3) is 0.130. The molecule has 2 nitrogen and oxygen atoms in total. The second-order valence-electron chi connectivity index (χ2n) is 6.50.